The fourth-order valence-corrected chi connectivity index (χ4v) is 5.77. The van der Waals surface area contributed by atoms with Crippen LogP contribution in [0, 0.1) is 0 Å². The molecule has 0 spiro atoms. The van der Waals surface area contributed by atoms with Crippen molar-refractivity contribution in [1.29, 1.82) is 0 Å². The maximum atomic E-state index is 2.28. The molecule has 0 saturated carbocycles. The molecular weight excluding hydrogens is 677 g/mol. The van der Waals surface area contributed by atoms with Crippen molar-refractivity contribution >= 4 is 58.4 Å². The van der Waals surface area contributed by atoms with Gasteiger partial charge in [0.2, 0.25) is 0 Å². The lowest BCUT2D eigenvalue weighted by Gasteiger charge is -2.25. The van der Waals surface area contributed by atoms with Gasteiger partial charge in [0.15, 0.2) is 0 Å². The average Bonchev–Trinajstić information content (AvgIpc) is 3.30. The monoisotopic (exact) mass is 736 g/mol. The van der Waals surface area contributed by atoms with E-state index >= 15 is 0 Å². The molecule has 0 amide bonds. The Bertz CT molecular complexity index is 1830. The van der Waals surface area contributed by atoms with E-state index in [1.165, 1.54) is 0 Å². The van der Waals surface area contributed by atoms with Crippen LogP contribution in [-0.2, 0) is 0 Å². The summed E-state index contributed by atoms with van der Waals surface area (Å²) in [5.41, 5.74) is 11.4. The third-order valence-corrected chi connectivity index (χ3v) is 8.23. The summed E-state index contributed by atoms with van der Waals surface area (Å²) in [7, 11) is 0. The maximum absolute atomic E-state index is 2.28. The molecule has 0 fully saturated rings. The third kappa shape index (κ3) is 12.9. The first-order chi connectivity index (χ1) is 27.8. The number of hydrogen-bond acceptors (Lipinski definition) is 2. The Morgan fingerprint density at radius 1 is 0.214 bits per heavy atom. The molecule has 286 valence electrons. The Morgan fingerprint density at radius 2 is 0.375 bits per heavy atom. The number of hydrogen-bond donors (Lipinski definition) is 0. The van der Waals surface area contributed by atoms with Gasteiger partial charge in [-0.25, -0.2) is 0 Å². The van der Waals surface area contributed by atoms with Crippen LogP contribution in [0.5, 0.6) is 0 Å². The van der Waals surface area contributed by atoms with Crippen LogP contribution in [-0.4, -0.2) is 0 Å². The minimum atomic E-state index is 1.13. The van der Waals surface area contributed by atoms with Crippen molar-refractivity contribution in [2.45, 2.75) is 55.4 Å². The molecule has 2 heteroatoms. The normalized spacial score (nSPS) is 10.0. The topological polar surface area (TPSA) is 6.48 Å². The third-order valence-electron chi connectivity index (χ3n) is 8.23. The molecule has 0 atom stereocenters. The molecule has 7 rings (SSSR count). The highest BCUT2D eigenvalue weighted by molar-refractivity contribution is 5.80. The molecule has 0 aromatic heterocycles. The van der Waals surface area contributed by atoms with E-state index in [0.29, 0.717) is 0 Å². The first-order valence-electron chi connectivity index (χ1n) is 20.3. The number of rotatable bonds is 10. The molecule has 7 aromatic carbocycles. The Hall–Kier alpha value is -6.38. The lowest BCUT2D eigenvalue weighted by atomic mass is 10.1. The van der Waals surface area contributed by atoms with Gasteiger partial charge < -0.3 is 9.80 Å². The van der Waals surface area contributed by atoms with E-state index in [-0.39, 0.29) is 0 Å². The van der Waals surface area contributed by atoms with Crippen molar-refractivity contribution in [1.82, 2.24) is 0 Å². The quantitative estimate of drug-likeness (QED) is 0.129. The summed E-state index contributed by atoms with van der Waals surface area (Å²) < 4.78 is 0. The van der Waals surface area contributed by atoms with Gasteiger partial charge in [-0.3, -0.25) is 0 Å². The SMILES string of the molecule is C(=C\c1ccc(N(c2ccccc2)c2ccccc2)cc1)/c1ccc(/C=C/c2ccc(N(c3ccccc3)c3ccccc3)cc2)cc1.CC.CC.CC.CC. The van der Waals surface area contributed by atoms with Crippen molar-refractivity contribution in [2.75, 3.05) is 9.80 Å². The van der Waals surface area contributed by atoms with E-state index in [1.54, 1.807) is 0 Å². The van der Waals surface area contributed by atoms with Gasteiger partial charge in [-0.1, -0.05) is 201 Å². The number of nitrogens with zero attached hydrogens (tertiary/aromatic N) is 2. The van der Waals surface area contributed by atoms with Gasteiger partial charge in [-0.2, -0.15) is 0 Å². The summed E-state index contributed by atoms with van der Waals surface area (Å²) in [4.78, 5) is 4.55. The zero-order chi connectivity index (χ0) is 40.4. The highest BCUT2D eigenvalue weighted by Crippen LogP contribution is 2.35. The Morgan fingerprint density at radius 3 is 0.571 bits per heavy atom. The van der Waals surface area contributed by atoms with Crippen LogP contribution >= 0.6 is 0 Å². The van der Waals surface area contributed by atoms with E-state index in [1.807, 2.05) is 55.4 Å². The minimum absolute atomic E-state index is 1.13. The second-order valence-corrected chi connectivity index (χ2v) is 11.5. The second kappa shape index (κ2) is 25.6. The van der Waals surface area contributed by atoms with E-state index < -0.39 is 0 Å². The molecule has 0 heterocycles. The van der Waals surface area contributed by atoms with Crippen molar-refractivity contribution in [2.24, 2.45) is 0 Å². The van der Waals surface area contributed by atoms with Crippen LogP contribution < -0.4 is 9.80 Å². The molecule has 2 nitrogen and oxygen atoms in total. The van der Waals surface area contributed by atoms with Crippen molar-refractivity contribution < 1.29 is 0 Å². The smallest absolute Gasteiger partial charge is 0.0462 e. The average molecular weight is 737 g/mol. The molecule has 0 aliphatic rings. The van der Waals surface area contributed by atoms with Gasteiger partial charge in [-0.15, -0.1) is 0 Å². The Balaban J connectivity index is 0.000000989. The standard InChI is InChI=1S/C46H36N2.4C2H6/c1-5-13-41(14-6-1)47(42-15-7-2-8-16-42)45-33-29-39(30-34-45)27-25-37-21-23-38(24-22-37)26-28-40-31-35-46(36-32-40)48(43-17-9-3-10-18-43)44-19-11-4-12-20-44;4*1-2/h1-36H;4*1-2H3/b27-25+,28-26+;;;;. The van der Waals surface area contributed by atoms with E-state index in [0.717, 1.165) is 56.4 Å². The summed E-state index contributed by atoms with van der Waals surface area (Å²) in [5.74, 6) is 0. The largest absolute Gasteiger partial charge is 0.311 e. The molecule has 7 aromatic rings. The molecule has 0 aliphatic carbocycles. The van der Waals surface area contributed by atoms with Gasteiger partial charge in [0.1, 0.15) is 0 Å². The first-order valence-corrected chi connectivity index (χ1v) is 20.3. The summed E-state index contributed by atoms with van der Waals surface area (Å²) in [6.07, 6.45) is 8.66. The van der Waals surface area contributed by atoms with Crippen molar-refractivity contribution in [3.8, 4) is 0 Å². The lowest BCUT2D eigenvalue weighted by molar-refractivity contribution is 1.28. The lowest BCUT2D eigenvalue weighted by Crippen LogP contribution is -2.09. The molecule has 0 aliphatic heterocycles. The predicted molar refractivity (Wildman–Crippen MR) is 252 cm³/mol. The highest BCUT2D eigenvalue weighted by atomic mass is 15.1. The highest BCUT2D eigenvalue weighted by Gasteiger charge is 2.12. The maximum Gasteiger partial charge on any atom is 0.0462 e. The van der Waals surface area contributed by atoms with Crippen LogP contribution in [0.4, 0.5) is 34.1 Å². The zero-order valence-corrected chi connectivity index (χ0v) is 34.7. The fourth-order valence-electron chi connectivity index (χ4n) is 5.77. The molecule has 0 saturated heterocycles. The van der Waals surface area contributed by atoms with Crippen LogP contribution in [0.3, 0.4) is 0 Å². The van der Waals surface area contributed by atoms with Crippen LogP contribution in [0.2, 0.25) is 0 Å². The predicted octanol–water partition coefficient (Wildman–Crippen LogP) is 17.1. The molecule has 56 heavy (non-hydrogen) atoms. The molecule has 0 unspecified atom stereocenters. The van der Waals surface area contributed by atoms with Gasteiger partial charge in [0.25, 0.3) is 0 Å². The van der Waals surface area contributed by atoms with Gasteiger partial charge in [-0.05, 0) is 95.1 Å². The van der Waals surface area contributed by atoms with Gasteiger partial charge in [0.05, 0.1) is 0 Å². The summed E-state index contributed by atoms with van der Waals surface area (Å²) in [6.45, 7) is 16.0. The molecule has 0 radical (unpaired) electrons. The van der Waals surface area contributed by atoms with E-state index in [2.05, 4.69) is 228 Å². The van der Waals surface area contributed by atoms with Gasteiger partial charge >= 0.3 is 0 Å². The Kier molecular flexibility index (Phi) is 20.1. The summed E-state index contributed by atoms with van der Waals surface area (Å²) >= 11 is 0. The van der Waals surface area contributed by atoms with Crippen LogP contribution in [0.15, 0.2) is 194 Å². The van der Waals surface area contributed by atoms with Crippen molar-refractivity contribution in [3.63, 3.8) is 0 Å². The second-order valence-electron chi connectivity index (χ2n) is 11.5. The first kappa shape index (κ1) is 44.0. The molecular formula is C54H60N2. The van der Waals surface area contributed by atoms with Crippen molar-refractivity contribution in [3.05, 3.63) is 216 Å². The van der Waals surface area contributed by atoms with E-state index in [9.17, 15) is 0 Å². The summed E-state index contributed by atoms with van der Waals surface area (Å²) in [6, 6.07) is 68.0. The number of anilines is 6. The number of para-hydroxylation sites is 4. The summed E-state index contributed by atoms with van der Waals surface area (Å²) in [5, 5.41) is 0. The fraction of sp³-hybridized carbons (Fsp3) is 0.148. The van der Waals surface area contributed by atoms with Crippen LogP contribution in [0.1, 0.15) is 77.6 Å². The molecule has 0 N–H and O–H groups in total. The Labute approximate surface area is 338 Å². The van der Waals surface area contributed by atoms with Crippen LogP contribution in [0.25, 0.3) is 24.3 Å². The minimum Gasteiger partial charge on any atom is -0.311 e. The molecule has 0 bridgehead atoms. The number of benzene rings is 7. The zero-order valence-electron chi connectivity index (χ0n) is 34.7. The van der Waals surface area contributed by atoms with E-state index in [4.69, 9.17) is 0 Å². The van der Waals surface area contributed by atoms with Gasteiger partial charge in [0, 0.05) is 34.1 Å².